The Kier molecular flexibility index (Phi) is 5.38. The second-order valence-electron chi connectivity index (χ2n) is 8.52. The van der Waals surface area contributed by atoms with E-state index < -0.39 is 6.04 Å². The van der Waals surface area contributed by atoms with E-state index in [-0.39, 0.29) is 24.2 Å². The van der Waals surface area contributed by atoms with E-state index >= 15 is 0 Å². The predicted molar refractivity (Wildman–Crippen MR) is 110 cm³/mol. The monoisotopic (exact) mass is 391 g/mol. The van der Waals surface area contributed by atoms with Crippen LogP contribution in [0, 0.1) is 35.9 Å². The standard InChI is InChI=1S/C24H26FN3O/c1-14-3-5-16(6-4-14)17-7-8-18(22(25)11-17)10-20(13-26)28-24(29)23-21-12-19(27-23)9-15(21)2/h3-8,11,15,19-21,23,27H,9-10,12H2,1-2H3,(H,28,29)/t15?,19?,20-,21?,23?/m0/s1. The summed E-state index contributed by atoms with van der Waals surface area (Å²) >= 11 is 0. The first-order chi connectivity index (χ1) is 13.9. The minimum atomic E-state index is -0.751. The lowest BCUT2D eigenvalue weighted by Crippen LogP contribution is -2.52. The number of benzene rings is 2. The highest BCUT2D eigenvalue weighted by atomic mass is 19.1. The van der Waals surface area contributed by atoms with Crippen molar-refractivity contribution in [2.45, 2.75) is 51.2 Å². The molecule has 0 aromatic heterocycles. The van der Waals surface area contributed by atoms with Gasteiger partial charge in [-0.05, 0) is 54.4 Å². The summed E-state index contributed by atoms with van der Waals surface area (Å²) < 4.78 is 14.7. The van der Waals surface area contributed by atoms with Crippen molar-refractivity contribution in [2.75, 3.05) is 0 Å². The zero-order chi connectivity index (χ0) is 20.5. The lowest BCUT2D eigenvalue weighted by Gasteiger charge is -2.28. The number of nitriles is 1. The summed E-state index contributed by atoms with van der Waals surface area (Å²) in [6.45, 7) is 4.19. The summed E-state index contributed by atoms with van der Waals surface area (Å²) in [4.78, 5) is 12.7. The maximum absolute atomic E-state index is 14.7. The Balaban J connectivity index is 1.42. The average Bonchev–Trinajstić information content (AvgIpc) is 3.29. The van der Waals surface area contributed by atoms with E-state index in [0.29, 0.717) is 23.4 Å². The van der Waals surface area contributed by atoms with Gasteiger partial charge in [0.15, 0.2) is 0 Å². The predicted octanol–water partition coefficient (Wildman–Crippen LogP) is 3.74. The number of hydrogen-bond acceptors (Lipinski definition) is 3. The van der Waals surface area contributed by atoms with Gasteiger partial charge < -0.3 is 10.6 Å². The number of rotatable bonds is 5. The van der Waals surface area contributed by atoms with Gasteiger partial charge in [-0.1, -0.05) is 48.9 Å². The smallest absolute Gasteiger partial charge is 0.238 e. The number of carbonyl (C=O) groups is 1. The number of halogens is 1. The van der Waals surface area contributed by atoms with Gasteiger partial charge in [0.1, 0.15) is 11.9 Å². The average molecular weight is 391 g/mol. The molecule has 2 bridgehead atoms. The zero-order valence-electron chi connectivity index (χ0n) is 16.8. The quantitative estimate of drug-likeness (QED) is 0.816. The molecule has 1 aliphatic carbocycles. The van der Waals surface area contributed by atoms with Gasteiger partial charge in [-0.25, -0.2) is 4.39 Å². The highest BCUT2D eigenvalue weighted by molar-refractivity contribution is 5.83. The number of nitrogens with one attached hydrogen (secondary N) is 2. The van der Waals surface area contributed by atoms with Gasteiger partial charge in [0.05, 0.1) is 12.1 Å². The number of carbonyl (C=O) groups excluding carboxylic acids is 1. The summed E-state index contributed by atoms with van der Waals surface area (Å²) in [6.07, 6.45) is 2.28. The summed E-state index contributed by atoms with van der Waals surface area (Å²) in [7, 11) is 0. The molecule has 2 aliphatic rings. The van der Waals surface area contributed by atoms with Crippen LogP contribution in [0.2, 0.25) is 0 Å². The van der Waals surface area contributed by atoms with E-state index in [4.69, 9.17) is 0 Å². The molecule has 1 saturated carbocycles. The molecule has 150 valence electrons. The third-order valence-corrected chi connectivity index (χ3v) is 6.40. The molecule has 5 atom stereocenters. The Morgan fingerprint density at radius 2 is 1.97 bits per heavy atom. The molecule has 5 heteroatoms. The van der Waals surface area contributed by atoms with Gasteiger partial charge in [-0.2, -0.15) is 5.26 Å². The highest BCUT2D eigenvalue weighted by Crippen LogP contribution is 2.40. The second kappa shape index (κ2) is 7.96. The van der Waals surface area contributed by atoms with Gasteiger partial charge in [-0.3, -0.25) is 4.79 Å². The number of nitrogens with zero attached hydrogens (tertiary/aromatic N) is 1. The second-order valence-corrected chi connectivity index (χ2v) is 8.52. The Morgan fingerprint density at radius 1 is 1.24 bits per heavy atom. The number of piperidine rings is 1. The molecule has 4 unspecified atom stereocenters. The van der Waals surface area contributed by atoms with Crippen LogP contribution in [0.3, 0.4) is 0 Å². The molecule has 0 radical (unpaired) electrons. The Bertz CT molecular complexity index is 950. The van der Waals surface area contributed by atoms with Crippen LogP contribution in [0.25, 0.3) is 11.1 Å². The normalized spacial score (nSPS) is 26.1. The highest BCUT2D eigenvalue weighted by Gasteiger charge is 2.47. The van der Waals surface area contributed by atoms with E-state index in [0.717, 1.165) is 29.5 Å². The fourth-order valence-electron chi connectivity index (χ4n) is 4.78. The molecule has 1 amide bonds. The molecule has 2 fully saturated rings. The minimum Gasteiger partial charge on any atom is -0.339 e. The molecule has 2 N–H and O–H groups in total. The molecule has 29 heavy (non-hydrogen) atoms. The summed E-state index contributed by atoms with van der Waals surface area (Å²) in [5.74, 6) is 0.339. The van der Waals surface area contributed by atoms with Crippen molar-refractivity contribution in [1.29, 1.82) is 5.26 Å². The van der Waals surface area contributed by atoms with Crippen LogP contribution in [-0.2, 0) is 11.2 Å². The minimum absolute atomic E-state index is 0.146. The molecular formula is C24H26FN3O. The number of fused-ring (bicyclic) bond motifs is 2. The Morgan fingerprint density at radius 3 is 2.59 bits per heavy atom. The molecule has 1 heterocycles. The molecule has 1 aliphatic heterocycles. The van der Waals surface area contributed by atoms with E-state index in [1.807, 2.05) is 37.3 Å². The largest absolute Gasteiger partial charge is 0.339 e. The fourth-order valence-corrected chi connectivity index (χ4v) is 4.78. The summed E-state index contributed by atoms with van der Waals surface area (Å²) in [6, 6.07) is 14.5. The third-order valence-electron chi connectivity index (χ3n) is 6.40. The Hall–Kier alpha value is -2.71. The summed E-state index contributed by atoms with van der Waals surface area (Å²) in [5, 5.41) is 15.7. The van der Waals surface area contributed by atoms with Crippen molar-refractivity contribution in [2.24, 2.45) is 11.8 Å². The molecule has 0 spiro atoms. The first kappa shape index (κ1) is 19.6. The SMILES string of the molecule is Cc1ccc(-c2ccc(C[C@@H](C#N)NC(=O)C3NC4CC(C)C3C4)c(F)c2)cc1. The molecule has 4 rings (SSSR count). The van der Waals surface area contributed by atoms with Gasteiger partial charge in [0, 0.05) is 12.5 Å². The van der Waals surface area contributed by atoms with Crippen LogP contribution in [0.15, 0.2) is 42.5 Å². The van der Waals surface area contributed by atoms with Gasteiger partial charge in [0.2, 0.25) is 5.91 Å². The fraction of sp³-hybridized carbons (Fsp3) is 0.417. The van der Waals surface area contributed by atoms with Crippen molar-refractivity contribution in [1.82, 2.24) is 10.6 Å². The first-order valence-electron chi connectivity index (χ1n) is 10.3. The van der Waals surface area contributed by atoms with Crippen LogP contribution < -0.4 is 10.6 Å². The Labute approximate surface area is 171 Å². The van der Waals surface area contributed by atoms with Crippen LogP contribution >= 0.6 is 0 Å². The van der Waals surface area contributed by atoms with Crippen LogP contribution in [0.4, 0.5) is 4.39 Å². The van der Waals surface area contributed by atoms with Crippen LogP contribution in [0.5, 0.6) is 0 Å². The van der Waals surface area contributed by atoms with Crippen molar-refractivity contribution < 1.29 is 9.18 Å². The third kappa shape index (κ3) is 4.04. The van der Waals surface area contributed by atoms with E-state index in [1.54, 1.807) is 6.07 Å². The van der Waals surface area contributed by atoms with Crippen molar-refractivity contribution in [3.05, 3.63) is 59.4 Å². The molecule has 2 aromatic carbocycles. The lowest BCUT2D eigenvalue weighted by atomic mass is 9.89. The summed E-state index contributed by atoms with van der Waals surface area (Å²) in [5.41, 5.74) is 3.33. The van der Waals surface area contributed by atoms with E-state index in [9.17, 15) is 14.4 Å². The van der Waals surface area contributed by atoms with Crippen molar-refractivity contribution >= 4 is 5.91 Å². The number of amides is 1. The van der Waals surface area contributed by atoms with Gasteiger partial charge in [-0.15, -0.1) is 0 Å². The van der Waals surface area contributed by atoms with Crippen LogP contribution in [0.1, 0.15) is 30.9 Å². The van der Waals surface area contributed by atoms with Crippen LogP contribution in [-0.4, -0.2) is 24.0 Å². The first-order valence-corrected chi connectivity index (χ1v) is 10.3. The number of aryl methyl sites for hydroxylation is 1. The number of hydrogen-bond donors (Lipinski definition) is 2. The molecular weight excluding hydrogens is 365 g/mol. The maximum Gasteiger partial charge on any atom is 0.238 e. The molecule has 1 saturated heterocycles. The lowest BCUT2D eigenvalue weighted by molar-refractivity contribution is -0.124. The van der Waals surface area contributed by atoms with E-state index in [1.165, 1.54) is 6.07 Å². The van der Waals surface area contributed by atoms with Crippen molar-refractivity contribution in [3.8, 4) is 17.2 Å². The van der Waals surface area contributed by atoms with Gasteiger partial charge in [0.25, 0.3) is 0 Å². The van der Waals surface area contributed by atoms with Crippen molar-refractivity contribution in [3.63, 3.8) is 0 Å². The topological polar surface area (TPSA) is 64.9 Å². The van der Waals surface area contributed by atoms with Gasteiger partial charge >= 0.3 is 0 Å². The molecule has 2 aromatic rings. The van der Waals surface area contributed by atoms with E-state index in [2.05, 4.69) is 23.6 Å². The molecule has 4 nitrogen and oxygen atoms in total. The zero-order valence-corrected chi connectivity index (χ0v) is 16.8. The maximum atomic E-state index is 14.7.